The third-order valence-electron chi connectivity index (χ3n) is 5.18. The lowest BCUT2D eigenvalue weighted by atomic mass is 9.97. The lowest BCUT2D eigenvalue weighted by Gasteiger charge is -2.30. The molecular formula is C22H25ClN2O5S. The van der Waals surface area contributed by atoms with Crippen molar-refractivity contribution in [3.05, 3.63) is 64.7 Å². The quantitative estimate of drug-likeness (QED) is 0.631. The third-order valence-corrected chi connectivity index (χ3v) is 7.37. The standard InChI is InChI=1S/C22H25ClN2O5S/c1-2-30-22(27)17-7-9-19(10-8-17)24-21(26)16-11-13-25(14-12-16)31(28,29)15-18-5-3-4-6-20(18)23/h3-10,16H,2,11-15H2,1H3,(H,24,26). The van der Waals surface area contributed by atoms with Crippen molar-refractivity contribution in [2.24, 2.45) is 5.92 Å². The average Bonchev–Trinajstić information content (AvgIpc) is 2.76. The first kappa shape index (κ1) is 23.2. The summed E-state index contributed by atoms with van der Waals surface area (Å²) in [5, 5.41) is 3.26. The lowest BCUT2D eigenvalue weighted by molar-refractivity contribution is -0.120. The minimum atomic E-state index is -3.51. The fourth-order valence-corrected chi connectivity index (χ4v) is 5.32. The van der Waals surface area contributed by atoms with Crippen LogP contribution in [-0.4, -0.2) is 44.3 Å². The second-order valence-corrected chi connectivity index (χ2v) is 9.68. The molecule has 0 atom stereocenters. The largest absolute Gasteiger partial charge is 0.462 e. The van der Waals surface area contributed by atoms with Crippen LogP contribution in [0.2, 0.25) is 5.02 Å². The molecule has 3 rings (SSSR count). The van der Waals surface area contributed by atoms with Crippen molar-refractivity contribution >= 4 is 39.2 Å². The van der Waals surface area contributed by atoms with E-state index >= 15 is 0 Å². The van der Waals surface area contributed by atoms with Gasteiger partial charge in [0.2, 0.25) is 15.9 Å². The van der Waals surface area contributed by atoms with Crippen LogP contribution in [-0.2, 0) is 25.3 Å². The second kappa shape index (κ2) is 10.3. The predicted molar refractivity (Wildman–Crippen MR) is 119 cm³/mol. The Kier molecular flexibility index (Phi) is 7.69. The molecule has 0 saturated carbocycles. The first-order valence-corrected chi connectivity index (χ1v) is 12.1. The molecule has 2 aromatic carbocycles. The van der Waals surface area contributed by atoms with Crippen molar-refractivity contribution < 1.29 is 22.7 Å². The van der Waals surface area contributed by atoms with Gasteiger partial charge in [-0.3, -0.25) is 4.79 Å². The van der Waals surface area contributed by atoms with E-state index in [9.17, 15) is 18.0 Å². The number of nitrogens with zero attached hydrogens (tertiary/aromatic N) is 1. The number of piperidine rings is 1. The van der Waals surface area contributed by atoms with Gasteiger partial charge in [0, 0.05) is 29.7 Å². The van der Waals surface area contributed by atoms with E-state index in [1.165, 1.54) is 4.31 Å². The van der Waals surface area contributed by atoms with Gasteiger partial charge in [0.1, 0.15) is 0 Å². The van der Waals surface area contributed by atoms with Crippen LogP contribution in [0.3, 0.4) is 0 Å². The molecule has 0 aliphatic carbocycles. The number of halogens is 1. The first-order valence-electron chi connectivity index (χ1n) is 10.1. The maximum Gasteiger partial charge on any atom is 0.338 e. The van der Waals surface area contributed by atoms with E-state index in [4.69, 9.17) is 16.3 Å². The summed E-state index contributed by atoms with van der Waals surface area (Å²) in [6.45, 7) is 2.60. The van der Waals surface area contributed by atoms with Gasteiger partial charge >= 0.3 is 5.97 Å². The van der Waals surface area contributed by atoms with Gasteiger partial charge in [-0.15, -0.1) is 0 Å². The van der Waals surface area contributed by atoms with Crippen LogP contribution in [0.15, 0.2) is 48.5 Å². The number of anilines is 1. The van der Waals surface area contributed by atoms with Crippen molar-refractivity contribution in [2.75, 3.05) is 25.0 Å². The predicted octanol–water partition coefficient (Wildman–Crippen LogP) is 3.70. The molecular weight excluding hydrogens is 440 g/mol. The van der Waals surface area contributed by atoms with Crippen molar-refractivity contribution in [1.82, 2.24) is 4.31 Å². The van der Waals surface area contributed by atoms with Gasteiger partial charge in [-0.25, -0.2) is 17.5 Å². The van der Waals surface area contributed by atoms with Gasteiger partial charge in [-0.05, 0) is 55.7 Å². The molecule has 7 nitrogen and oxygen atoms in total. The van der Waals surface area contributed by atoms with Gasteiger partial charge in [0.05, 0.1) is 17.9 Å². The number of hydrogen-bond donors (Lipinski definition) is 1. The van der Waals surface area contributed by atoms with Crippen molar-refractivity contribution in [3.63, 3.8) is 0 Å². The summed E-state index contributed by atoms with van der Waals surface area (Å²) in [7, 11) is -3.51. The molecule has 166 valence electrons. The van der Waals surface area contributed by atoms with E-state index < -0.39 is 16.0 Å². The summed E-state index contributed by atoms with van der Waals surface area (Å²) >= 11 is 6.09. The van der Waals surface area contributed by atoms with Gasteiger partial charge in [0.15, 0.2) is 0 Å². The van der Waals surface area contributed by atoms with E-state index in [1.54, 1.807) is 55.5 Å². The number of sulfonamides is 1. The maximum atomic E-state index is 12.7. The molecule has 9 heteroatoms. The summed E-state index contributed by atoms with van der Waals surface area (Å²) in [5.74, 6) is -1.01. The van der Waals surface area contributed by atoms with Crippen LogP contribution >= 0.6 is 11.6 Å². The monoisotopic (exact) mass is 464 g/mol. The van der Waals surface area contributed by atoms with Crippen LogP contribution in [0.25, 0.3) is 0 Å². The highest BCUT2D eigenvalue weighted by atomic mass is 35.5. The lowest BCUT2D eigenvalue weighted by Crippen LogP contribution is -2.41. The topological polar surface area (TPSA) is 92.8 Å². The molecule has 0 bridgehead atoms. The van der Waals surface area contributed by atoms with Crippen LogP contribution in [0.1, 0.15) is 35.7 Å². The number of rotatable bonds is 7. The Labute approximate surface area is 187 Å². The molecule has 0 unspecified atom stereocenters. The highest BCUT2D eigenvalue weighted by Gasteiger charge is 2.31. The van der Waals surface area contributed by atoms with E-state index in [1.807, 2.05) is 0 Å². The van der Waals surface area contributed by atoms with E-state index in [0.717, 1.165) is 0 Å². The highest BCUT2D eigenvalue weighted by molar-refractivity contribution is 7.88. The molecule has 0 aromatic heterocycles. The Morgan fingerprint density at radius 1 is 1.10 bits per heavy atom. The summed E-state index contributed by atoms with van der Waals surface area (Å²) in [6, 6.07) is 13.4. The maximum absolute atomic E-state index is 12.7. The molecule has 31 heavy (non-hydrogen) atoms. The van der Waals surface area contributed by atoms with Gasteiger partial charge in [-0.1, -0.05) is 29.8 Å². The Morgan fingerprint density at radius 2 is 1.74 bits per heavy atom. The van der Waals surface area contributed by atoms with E-state index in [-0.39, 0.29) is 30.7 Å². The molecule has 0 radical (unpaired) electrons. The number of carbonyl (C=O) groups is 2. The molecule has 1 fully saturated rings. The van der Waals surface area contributed by atoms with Crippen LogP contribution < -0.4 is 5.32 Å². The van der Waals surface area contributed by atoms with Gasteiger partial charge < -0.3 is 10.1 Å². The smallest absolute Gasteiger partial charge is 0.338 e. The summed E-state index contributed by atoms with van der Waals surface area (Å²) < 4.78 is 31.8. The average molecular weight is 465 g/mol. The van der Waals surface area contributed by atoms with Crippen molar-refractivity contribution in [3.8, 4) is 0 Å². The molecule has 1 N–H and O–H groups in total. The SMILES string of the molecule is CCOC(=O)c1ccc(NC(=O)C2CCN(S(=O)(=O)Cc3ccccc3Cl)CC2)cc1. The number of ether oxygens (including phenoxy) is 1. The number of benzene rings is 2. The summed E-state index contributed by atoms with van der Waals surface area (Å²) in [6.07, 6.45) is 0.878. The number of carbonyl (C=O) groups excluding carboxylic acids is 2. The number of nitrogens with one attached hydrogen (secondary N) is 1. The van der Waals surface area contributed by atoms with Crippen molar-refractivity contribution in [2.45, 2.75) is 25.5 Å². The summed E-state index contributed by atoms with van der Waals surface area (Å²) in [4.78, 5) is 24.3. The van der Waals surface area contributed by atoms with Crippen molar-refractivity contribution in [1.29, 1.82) is 0 Å². The third kappa shape index (κ3) is 6.06. The minimum absolute atomic E-state index is 0.156. The van der Waals surface area contributed by atoms with Crippen LogP contribution in [0, 0.1) is 5.92 Å². The minimum Gasteiger partial charge on any atom is -0.462 e. The molecule has 1 amide bonds. The number of amides is 1. The van der Waals surface area contributed by atoms with Crippen LogP contribution in [0.4, 0.5) is 5.69 Å². The Hall–Kier alpha value is -2.42. The second-order valence-electron chi connectivity index (χ2n) is 7.31. The highest BCUT2D eigenvalue weighted by Crippen LogP contribution is 2.25. The fourth-order valence-electron chi connectivity index (χ4n) is 3.45. The first-order chi connectivity index (χ1) is 14.8. The molecule has 1 aliphatic heterocycles. The molecule has 1 saturated heterocycles. The fraction of sp³-hybridized carbons (Fsp3) is 0.364. The zero-order valence-corrected chi connectivity index (χ0v) is 18.8. The normalized spacial score (nSPS) is 15.4. The number of hydrogen-bond acceptors (Lipinski definition) is 5. The Balaban J connectivity index is 1.53. The van der Waals surface area contributed by atoms with E-state index in [2.05, 4.69) is 5.32 Å². The zero-order valence-electron chi connectivity index (χ0n) is 17.2. The molecule has 1 aliphatic rings. The van der Waals surface area contributed by atoms with Gasteiger partial charge in [0.25, 0.3) is 0 Å². The Bertz CT molecular complexity index is 1030. The summed E-state index contributed by atoms with van der Waals surface area (Å²) in [5.41, 5.74) is 1.55. The van der Waals surface area contributed by atoms with E-state index in [0.29, 0.717) is 41.3 Å². The molecule has 0 spiro atoms. The molecule has 1 heterocycles. The van der Waals surface area contributed by atoms with Gasteiger partial charge in [-0.2, -0.15) is 0 Å². The van der Waals surface area contributed by atoms with Crippen LogP contribution in [0.5, 0.6) is 0 Å². The Morgan fingerprint density at radius 3 is 2.35 bits per heavy atom. The number of esters is 1. The zero-order chi connectivity index (χ0) is 22.4. The molecule has 2 aromatic rings.